The molecule has 102 valence electrons. The average Bonchev–Trinajstić information content (AvgIpc) is 2.37. The van der Waals surface area contributed by atoms with Crippen LogP contribution in [0, 0.1) is 10.1 Å². The molecular formula is C10H10N2O6S. The number of carboxylic acids is 1. The number of hydrogen-bond acceptors (Lipinski definition) is 7. The van der Waals surface area contributed by atoms with Crippen LogP contribution in [0.1, 0.15) is 16.9 Å². The summed E-state index contributed by atoms with van der Waals surface area (Å²) in [7, 11) is 1.23. The summed E-state index contributed by atoms with van der Waals surface area (Å²) in [4.78, 5) is 35.5. The third-order valence-corrected chi connectivity index (χ3v) is 3.01. The van der Waals surface area contributed by atoms with Gasteiger partial charge in [-0.3, -0.25) is 14.9 Å². The predicted molar refractivity (Wildman–Crippen MR) is 65.2 cm³/mol. The first-order valence-electron chi connectivity index (χ1n) is 5.04. The molecule has 0 unspecified atom stereocenters. The van der Waals surface area contributed by atoms with E-state index >= 15 is 0 Å². The van der Waals surface area contributed by atoms with Gasteiger partial charge in [-0.15, -0.1) is 0 Å². The average molecular weight is 286 g/mol. The molecule has 0 saturated heterocycles. The van der Waals surface area contributed by atoms with E-state index in [1.165, 1.54) is 7.11 Å². The number of ether oxygens (including phenoxy) is 1. The highest BCUT2D eigenvalue weighted by atomic mass is 32.2. The zero-order chi connectivity index (χ0) is 14.4. The van der Waals surface area contributed by atoms with Gasteiger partial charge in [0.15, 0.2) is 5.03 Å². The minimum Gasteiger partial charge on any atom is -0.477 e. The second-order valence-corrected chi connectivity index (χ2v) is 4.34. The molecule has 0 radical (unpaired) electrons. The normalized spacial score (nSPS) is 9.95. The Balaban J connectivity index is 2.88. The SMILES string of the molecule is COC(=O)CCSc1nc(C(=O)O)ccc1[N+](=O)[O-]. The molecule has 9 heteroatoms. The predicted octanol–water partition coefficient (Wildman–Crippen LogP) is 1.34. The van der Waals surface area contributed by atoms with Crippen molar-refractivity contribution in [1.29, 1.82) is 0 Å². The summed E-state index contributed by atoms with van der Waals surface area (Å²) < 4.78 is 4.43. The van der Waals surface area contributed by atoms with Crippen LogP contribution in [0.5, 0.6) is 0 Å². The van der Waals surface area contributed by atoms with Crippen LogP contribution in [0.25, 0.3) is 0 Å². The van der Waals surface area contributed by atoms with Crippen molar-refractivity contribution in [2.24, 2.45) is 0 Å². The molecule has 0 spiro atoms. The van der Waals surface area contributed by atoms with Gasteiger partial charge in [-0.1, -0.05) is 11.8 Å². The summed E-state index contributed by atoms with van der Waals surface area (Å²) >= 11 is 0.934. The maximum atomic E-state index is 10.9. The van der Waals surface area contributed by atoms with E-state index in [1.54, 1.807) is 0 Å². The van der Waals surface area contributed by atoms with E-state index in [-0.39, 0.29) is 28.6 Å². The molecule has 1 aromatic rings. The van der Waals surface area contributed by atoms with Crippen LogP contribution >= 0.6 is 11.8 Å². The molecule has 1 N–H and O–H groups in total. The first-order chi connectivity index (χ1) is 8.95. The van der Waals surface area contributed by atoms with Crippen LogP contribution in [0.15, 0.2) is 17.2 Å². The largest absolute Gasteiger partial charge is 0.477 e. The number of esters is 1. The Morgan fingerprint density at radius 2 is 2.21 bits per heavy atom. The Hall–Kier alpha value is -2.16. The lowest BCUT2D eigenvalue weighted by Crippen LogP contribution is -2.05. The number of hydrogen-bond donors (Lipinski definition) is 1. The fourth-order valence-corrected chi connectivity index (χ4v) is 2.05. The van der Waals surface area contributed by atoms with Crippen LogP contribution in [-0.4, -0.2) is 39.8 Å². The van der Waals surface area contributed by atoms with E-state index in [0.29, 0.717) is 0 Å². The summed E-state index contributed by atoms with van der Waals surface area (Å²) in [6.07, 6.45) is 0.0529. The maximum Gasteiger partial charge on any atom is 0.354 e. The monoisotopic (exact) mass is 286 g/mol. The number of carbonyl (C=O) groups excluding carboxylic acids is 1. The minimum absolute atomic E-state index is 0.0335. The number of carboxylic acid groups (broad SMARTS) is 1. The molecule has 1 heterocycles. The van der Waals surface area contributed by atoms with E-state index in [4.69, 9.17) is 5.11 Å². The number of methoxy groups -OCH3 is 1. The molecule has 1 rings (SSSR count). The van der Waals surface area contributed by atoms with Gasteiger partial charge in [0.05, 0.1) is 18.5 Å². The van der Waals surface area contributed by atoms with E-state index in [9.17, 15) is 19.7 Å². The molecule has 0 aromatic carbocycles. The number of rotatable bonds is 6. The Labute approximate surface area is 111 Å². The molecule has 19 heavy (non-hydrogen) atoms. The third-order valence-electron chi connectivity index (χ3n) is 2.03. The van der Waals surface area contributed by atoms with E-state index in [1.807, 2.05) is 0 Å². The number of carbonyl (C=O) groups is 2. The molecule has 0 fully saturated rings. The highest BCUT2D eigenvalue weighted by molar-refractivity contribution is 7.99. The van der Waals surface area contributed by atoms with Crippen LogP contribution in [-0.2, 0) is 9.53 Å². The number of nitro groups is 1. The molecule has 0 bridgehead atoms. The van der Waals surface area contributed by atoms with Crippen molar-refractivity contribution in [2.45, 2.75) is 11.4 Å². The highest BCUT2D eigenvalue weighted by Gasteiger charge is 2.19. The van der Waals surface area contributed by atoms with E-state index < -0.39 is 16.9 Å². The van der Waals surface area contributed by atoms with Crippen LogP contribution in [0.2, 0.25) is 0 Å². The van der Waals surface area contributed by atoms with Crippen molar-refractivity contribution in [3.63, 3.8) is 0 Å². The fraction of sp³-hybridized carbons (Fsp3) is 0.300. The standard InChI is InChI=1S/C10H10N2O6S/c1-18-8(13)4-5-19-9-7(12(16)17)3-2-6(11-9)10(14)15/h2-3H,4-5H2,1H3,(H,14,15). The molecule has 0 amide bonds. The van der Waals surface area contributed by atoms with Crippen molar-refractivity contribution in [3.05, 3.63) is 27.9 Å². The minimum atomic E-state index is -1.27. The van der Waals surface area contributed by atoms with Crippen molar-refractivity contribution in [3.8, 4) is 0 Å². The summed E-state index contributed by atoms with van der Waals surface area (Å²) in [5.74, 6) is -1.52. The van der Waals surface area contributed by atoms with Gasteiger partial charge < -0.3 is 9.84 Å². The molecule has 0 aliphatic heterocycles. The van der Waals surface area contributed by atoms with Gasteiger partial charge in [0.2, 0.25) is 0 Å². The van der Waals surface area contributed by atoms with Gasteiger partial charge in [-0.05, 0) is 6.07 Å². The first-order valence-corrected chi connectivity index (χ1v) is 6.02. The second-order valence-electron chi connectivity index (χ2n) is 3.26. The topological polar surface area (TPSA) is 120 Å². The smallest absolute Gasteiger partial charge is 0.354 e. The van der Waals surface area contributed by atoms with Crippen molar-refractivity contribution >= 4 is 29.4 Å². The number of aromatic nitrogens is 1. The molecule has 0 aliphatic rings. The van der Waals surface area contributed by atoms with Crippen LogP contribution in [0.4, 0.5) is 5.69 Å². The summed E-state index contributed by atoms with van der Waals surface area (Å²) in [5.41, 5.74) is -0.578. The Morgan fingerprint density at radius 3 is 2.74 bits per heavy atom. The van der Waals surface area contributed by atoms with E-state index in [0.717, 1.165) is 23.9 Å². The van der Waals surface area contributed by atoms with E-state index in [2.05, 4.69) is 9.72 Å². The fourth-order valence-electron chi connectivity index (χ4n) is 1.13. The summed E-state index contributed by atoms with van der Waals surface area (Å²) in [6.45, 7) is 0. The molecule has 1 aromatic heterocycles. The Bertz CT molecular complexity index is 519. The molecule has 0 aliphatic carbocycles. The quantitative estimate of drug-likeness (QED) is 0.360. The Morgan fingerprint density at radius 1 is 1.53 bits per heavy atom. The van der Waals surface area contributed by atoms with Gasteiger partial charge in [-0.25, -0.2) is 9.78 Å². The van der Waals surface area contributed by atoms with Crippen molar-refractivity contribution in [2.75, 3.05) is 12.9 Å². The molecule has 0 saturated carbocycles. The van der Waals surface area contributed by atoms with Gasteiger partial charge in [0, 0.05) is 11.8 Å². The molecular weight excluding hydrogens is 276 g/mol. The lowest BCUT2D eigenvalue weighted by atomic mass is 10.3. The van der Waals surface area contributed by atoms with Crippen molar-refractivity contribution in [1.82, 2.24) is 4.98 Å². The summed E-state index contributed by atoms with van der Waals surface area (Å²) in [6, 6.07) is 2.14. The van der Waals surface area contributed by atoms with Gasteiger partial charge in [0.25, 0.3) is 0 Å². The van der Waals surface area contributed by atoms with Gasteiger partial charge >= 0.3 is 17.6 Å². The summed E-state index contributed by atoms with van der Waals surface area (Å²) in [5, 5.41) is 19.5. The van der Waals surface area contributed by atoms with Crippen molar-refractivity contribution < 1.29 is 24.4 Å². The Kier molecular flexibility index (Phi) is 5.24. The zero-order valence-corrected chi connectivity index (χ0v) is 10.7. The maximum absolute atomic E-state index is 10.9. The lowest BCUT2D eigenvalue weighted by Gasteiger charge is -2.03. The first kappa shape index (κ1) is 14.9. The van der Waals surface area contributed by atoms with Gasteiger partial charge in [-0.2, -0.15) is 0 Å². The highest BCUT2D eigenvalue weighted by Crippen LogP contribution is 2.27. The number of aromatic carboxylic acids is 1. The number of nitrogens with zero attached hydrogens (tertiary/aromatic N) is 2. The number of thioether (sulfide) groups is 1. The van der Waals surface area contributed by atoms with Gasteiger partial charge in [0.1, 0.15) is 5.69 Å². The number of pyridine rings is 1. The third kappa shape index (κ3) is 4.21. The van der Waals surface area contributed by atoms with Crippen LogP contribution < -0.4 is 0 Å². The van der Waals surface area contributed by atoms with Crippen LogP contribution in [0.3, 0.4) is 0 Å². The zero-order valence-electron chi connectivity index (χ0n) is 9.86. The molecule has 8 nitrogen and oxygen atoms in total. The molecule has 0 atom stereocenters. The second kappa shape index (κ2) is 6.69. The lowest BCUT2D eigenvalue weighted by molar-refractivity contribution is -0.388.